The quantitative estimate of drug-likeness (QED) is 0.106. The van der Waals surface area contributed by atoms with E-state index in [1.165, 1.54) is 38.8 Å². The Hall–Kier alpha value is -7.00. The minimum Gasteiger partial charge on any atom is -0.392 e. The van der Waals surface area contributed by atoms with E-state index in [2.05, 4.69) is 230 Å². The molecule has 8 rings (SSSR count). The van der Waals surface area contributed by atoms with Crippen LogP contribution in [-0.2, 0) is 6.61 Å². The van der Waals surface area contributed by atoms with Crippen LogP contribution in [0.3, 0.4) is 0 Å². The third kappa shape index (κ3) is 7.93. The molecule has 0 aliphatic heterocycles. The van der Waals surface area contributed by atoms with Gasteiger partial charge in [-0.15, -0.1) is 0 Å². The molecule has 1 N–H and O–H groups in total. The number of aliphatic hydroxyl groups is 1. The molecule has 0 fully saturated rings. The minimum absolute atomic E-state index is 0.00197. The van der Waals surface area contributed by atoms with Gasteiger partial charge in [-0.1, -0.05) is 194 Å². The fourth-order valence-electron chi connectivity index (χ4n) is 7.41. The Kier molecular flexibility index (Phi) is 10.9. The number of hydrogen-bond acceptors (Lipinski definition) is 2. The predicted molar refractivity (Wildman–Crippen MR) is 238 cm³/mol. The first-order valence-electron chi connectivity index (χ1n) is 19.1. The van der Waals surface area contributed by atoms with E-state index in [0.29, 0.717) is 0 Å². The Morgan fingerprint density at radius 1 is 0.500 bits per heavy atom. The highest BCUT2D eigenvalue weighted by Gasteiger charge is 2.19. The number of aliphatic hydroxyl groups excluding tert-OH is 1. The summed E-state index contributed by atoms with van der Waals surface area (Å²) in [7, 11) is 0. The molecule has 0 amide bonds. The Morgan fingerprint density at radius 2 is 1.00 bits per heavy atom. The molecule has 0 aromatic heterocycles. The van der Waals surface area contributed by atoms with E-state index in [1.54, 1.807) is 0 Å². The third-order valence-corrected chi connectivity index (χ3v) is 10.2. The molecule has 2 heteroatoms. The lowest BCUT2D eigenvalue weighted by Crippen LogP contribution is -2.12. The van der Waals surface area contributed by atoms with Crippen LogP contribution in [0.1, 0.15) is 44.5 Å². The van der Waals surface area contributed by atoms with Crippen molar-refractivity contribution in [2.75, 3.05) is 4.90 Å². The van der Waals surface area contributed by atoms with Gasteiger partial charge >= 0.3 is 0 Å². The smallest absolute Gasteiger partial charge is 0.0681 e. The van der Waals surface area contributed by atoms with Crippen molar-refractivity contribution < 1.29 is 5.11 Å². The fraction of sp³-hybridized carbons (Fsp3) is 0.0370. The van der Waals surface area contributed by atoms with E-state index in [4.69, 9.17) is 0 Å². The lowest BCUT2D eigenvalue weighted by atomic mass is 9.93. The molecule has 0 saturated heterocycles. The van der Waals surface area contributed by atoms with Crippen molar-refractivity contribution in [1.82, 2.24) is 0 Å². The molecule has 0 aliphatic carbocycles. The highest BCUT2D eigenvalue weighted by atomic mass is 16.3. The van der Waals surface area contributed by atoms with Gasteiger partial charge in [0.15, 0.2) is 0 Å². The summed E-state index contributed by atoms with van der Waals surface area (Å²) in [6, 6.07) is 70.4. The fourth-order valence-corrected chi connectivity index (χ4v) is 7.41. The molecule has 2 nitrogen and oxygen atoms in total. The van der Waals surface area contributed by atoms with Crippen molar-refractivity contribution in [3.05, 3.63) is 257 Å². The number of nitrogens with zero attached hydrogens (tertiary/aromatic N) is 1. The molecule has 270 valence electrons. The number of hydrogen-bond donors (Lipinski definition) is 1. The van der Waals surface area contributed by atoms with Crippen LogP contribution in [0, 0.1) is 6.92 Å². The zero-order valence-corrected chi connectivity index (χ0v) is 31.5. The van der Waals surface area contributed by atoms with Crippen LogP contribution in [0.2, 0.25) is 0 Å². The molecule has 0 radical (unpaired) electrons. The van der Waals surface area contributed by atoms with Crippen molar-refractivity contribution in [2.24, 2.45) is 0 Å². The molecule has 0 unspecified atom stereocenters. The van der Waals surface area contributed by atoms with Gasteiger partial charge in [-0.05, 0) is 98.3 Å². The van der Waals surface area contributed by atoms with Crippen LogP contribution >= 0.6 is 0 Å². The maximum atomic E-state index is 9.97. The van der Waals surface area contributed by atoms with Crippen LogP contribution in [0.4, 0.5) is 17.1 Å². The first-order valence-corrected chi connectivity index (χ1v) is 19.1. The lowest BCUT2D eigenvalue weighted by molar-refractivity contribution is 0.282. The van der Waals surface area contributed by atoms with Gasteiger partial charge in [0, 0.05) is 16.8 Å². The van der Waals surface area contributed by atoms with Crippen molar-refractivity contribution >= 4 is 51.1 Å². The molecule has 0 bridgehead atoms. The average molecular weight is 722 g/mol. The largest absolute Gasteiger partial charge is 0.392 e. The Balaban J connectivity index is 1.21. The average Bonchev–Trinajstić information content (AvgIpc) is 3.27. The minimum atomic E-state index is 0.00197. The van der Waals surface area contributed by atoms with E-state index in [1.807, 2.05) is 6.07 Å². The van der Waals surface area contributed by atoms with E-state index in [-0.39, 0.29) is 6.61 Å². The second-order valence-electron chi connectivity index (χ2n) is 13.9. The van der Waals surface area contributed by atoms with Gasteiger partial charge in [0.25, 0.3) is 0 Å². The van der Waals surface area contributed by atoms with Crippen LogP contribution in [-0.4, -0.2) is 5.11 Å². The highest BCUT2D eigenvalue weighted by molar-refractivity contribution is 6.06. The SMILES string of the molecule is Cc1cc(CO)ccc1N(c1ccc(C=CC=C(c2ccccc2)c2ccccc2)cc1)c1ccc(C=C(c2ccccc2)c2ccccc2)c2ccccc12. The molecule has 8 aromatic rings. The predicted octanol–water partition coefficient (Wildman–Crippen LogP) is 13.8. The molecule has 56 heavy (non-hydrogen) atoms. The Labute approximate surface area is 330 Å². The standard InChI is InChI=1S/C54H43NO/c1-40-37-42(39-56)31-35-53(40)55(48-33-29-41(30-34-48)17-16-28-49(43-18-6-2-7-19-43)44-20-8-3-9-21-44)54-36-32-47(50-26-14-15-27-51(50)54)38-52(45-22-10-4-11-23-45)46-24-12-5-13-25-46/h2-38,56H,39H2,1H3. The van der Waals surface area contributed by atoms with Crippen molar-refractivity contribution in [2.45, 2.75) is 13.5 Å². The van der Waals surface area contributed by atoms with E-state index in [0.717, 1.165) is 44.7 Å². The van der Waals surface area contributed by atoms with Gasteiger partial charge in [0.1, 0.15) is 0 Å². The summed E-state index contributed by atoms with van der Waals surface area (Å²) in [5.74, 6) is 0. The first-order chi connectivity index (χ1) is 27.7. The topological polar surface area (TPSA) is 23.5 Å². The van der Waals surface area contributed by atoms with Gasteiger partial charge in [-0.3, -0.25) is 0 Å². The summed E-state index contributed by atoms with van der Waals surface area (Å²) in [4.78, 5) is 2.35. The second kappa shape index (κ2) is 17.0. The number of allylic oxidation sites excluding steroid dienone is 2. The zero-order chi connectivity index (χ0) is 38.1. The van der Waals surface area contributed by atoms with Crippen molar-refractivity contribution in [3.8, 4) is 0 Å². The van der Waals surface area contributed by atoms with Gasteiger partial charge in [0.05, 0.1) is 12.3 Å². The van der Waals surface area contributed by atoms with Gasteiger partial charge < -0.3 is 10.0 Å². The molecule has 0 atom stereocenters. The van der Waals surface area contributed by atoms with Gasteiger partial charge in [-0.25, -0.2) is 0 Å². The monoisotopic (exact) mass is 721 g/mol. The maximum Gasteiger partial charge on any atom is 0.0681 e. The first kappa shape index (κ1) is 36.0. The lowest BCUT2D eigenvalue weighted by Gasteiger charge is -2.29. The van der Waals surface area contributed by atoms with Crippen molar-refractivity contribution in [3.63, 3.8) is 0 Å². The van der Waals surface area contributed by atoms with Crippen LogP contribution in [0.25, 0.3) is 34.1 Å². The summed E-state index contributed by atoms with van der Waals surface area (Å²) >= 11 is 0. The summed E-state index contributed by atoms with van der Waals surface area (Å²) in [6.45, 7) is 2.12. The zero-order valence-electron chi connectivity index (χ0n) is 31.5. The number of fused-ring (bicyclic) bond motifs is 1. The van der Waals surface area contributed by atoms with E-state index in [9.17, 15) is 5.11 Å². The summed E-state index contributed by atoms with van der Waals surface area (Å²) in [5, 5.41) is 12.3. The molecule has 8 aromatic carbocycles. The third-order valence-electron chi connectivity index (χ3n) is 10.2. The van der Waals surface area contributed by atoms with Gasteiger partial charge in [0.2, 0.25) is 0 Å². The molecular formula is C54H43NO. The maximum absolute atomic E-state index is 9.97. The van der Waals surface area contributed by atoms with Gasteiger partial charge in [-0.2, -0.15) is 0 Å². The Bertz CT molecular complexity index is 2560. The summed E-state index contributed by atoms with van der Waals surface area (Å²) in [5.41, 5.74) is 14.5. The summed E-state index contributed by atoms with van der Waals surface area (Å²) in [6.07, 6.45) is 8.81. The highest BCUT2D eigenvalue weighted by Crippen LogP contribution is 2.42. The van der Waals surface area contributed by atoms with E-state index < -0.39 is 0 Å². The Morgan fingerprint density at radius 3 is 1.54 bits per heavy atom. The van der Waals surface area contributed by atoms with Crippen LogP contribution in [0.5, 0.6) is 0 Å². The van der Waals surface area contributed by atoms with E-state index >= 15 is 0 Å². The molecule has 0 saturated carbocycles. The molecular weight excluding hydrogens is 679 g/mol. The van der Waals surface area contributed by atoms with Crippen LogP contribution < -0.4 is 4.90 Å². The molecule has 0 spiro atoms. The molecule has 0 aliphatic rings. The molecule has 0 heterocycles. The van der Waals surface area contributed by atoms with Crippen molar-refractivity contribution in [1.29, 1.82) is 0 Å². The number of aryl methyl sites for hydroxylation is 1. The summed E-state index contributed by atoms with van der Waals surface area (Å²) < 4.78 is 0. The normalized spacial score (nSPS) is 11.0. The van der Waals surface area contributed by atoms with Crippen LogP contribution in [0.15, 0.2) is 212 Å². The number of rotatable bonds is 11. The number of benzene rings is 8. The second-order valence-corrected chi connectivity index (χ2v) is 13.9. The number of anilines is 3.